The summed E-state index contributed by atoms with van der Waals surface area (Å²) in [6.07, 6.45) is 8.16. The molecule has 200 valence electrons. The molecular formula is C26H43N7O3. The van der Waals surface area contributed by atoms with Crippen molar-refractivity contribution in [1.82, 2.24) is 29.3 Å². The SMILES string of the molecule is CC.CN[C@H]1CCN(c2ccc3ncc(C)n3n2)C1.CO.Cc1c(C=O)c(=O)n(C2CCCC2)n1C. The highest BCUT2D eigenvalue weighted by molar-refractivity contribution is 5.75. The Kier molecular flexibility index (Phi) is 11.3. The number of imidazole rings is 1. The van der Waals surface area contributed by atoms with E-state index in [2.05, 4.69) is 26.4 Å². The number of nitrogens with zero attached hydrogens (tertiary/aromatic N) is 6. The number of aromatic nitrogens is 5. The zero-order chi connectivity index (χ0) is 26.8. The minimum atomic E-state index is -0.128. The average Bonchev–Trinajstić information content (AvgIpc) is 3.71. The number of hydrogen-bond acceptors (Lipinski definition) is 7. The van der Waals surface area contributed by atoms with E-state index in [0.29, 0.717) is 17.9 Å². The number of hydrogen-bond donors (Lipinski definition) is 2. The lowest BCUT2D eigenvalue weighted by Gasteiger charge is -2.17. The monoisotopic (exact) mass is 501 g/mol. The van der Waals surface area contributed by atoms with Crippen LogP contribution < -0.4 is 15.8 Å². The topological polar surface area (TPSA) is 110 Å². The maximum atomic E-state index is 11.9. The number of carbonyl (C=O) groups excluding carboxylic acids is 1. The fraction of sp³-hybridized carbons (Fsp3) is 0.615. The average molecular weight is 502 g/mol. The summed E-state index contributed by atoms with van der Waals surface area (Å²) < 4.78 is 5.47. The lowest BCUT2D eigenvalue weighted by molar-refractivity contribution is 0.112. The number of carbonyl (C=O) groups is 1. The van der Waals surface area contributed by atoms with Crippen molar-refractivity contribution < 1.29 is 9.90 Å². The smallest absolute Gasteiger partial charge is 0.277 e. The van der Waals surface area contributed by atoms with Crippen LogP contribution in [0.2, 0.25) is 0 Å². The van der Waals surface area contributed by atoms with Gasteiger partial charge in [-0.1, -0.05) is 26.7 Å². The standard InChI is InChI=1S/C12H17N5.C11H16N2O2.C2H6.CH4O/c1-9-7-14-11-3-4-12(15-17(9)11)16-6-5-10(8-16)13-2;1-8-10(7-14)11(15)13(12(8)2)9-5-3-4-6-9;2*1-2/h3-4,7,10,13H,5-6,8H2,1-2H3;7,9H,3-6H2,1-2H3;1-2H3;2H,1H3/t10-;;;/m0.../s1. The molecule has 3 aromatic heterocycles. The molecule has 1 atom stereocenters. The Balaban J connectivity index is 0.000000225. The van der Waals surface area contributed by atoms with Gasteiger partial charge in [-0.25, -0.2) is 14.2 Å². The van der Waals surface area contributed by atoms with Crippen LogP contribution in [0, 0.1) is 13.8 Å². The van der Waals surface area contributed by atoms with Crippen LogP contribution in [-0.4, -0.2) is 68.6 Å². The normalized spacial score (nSPS) is 17.1. The first-order valence-electron chi connectivity index (χ1n) is 12.9. The van der Waals surface area contributed by atoms with Crippen LogP contribution in [0.25, 0.3) is 5.65 Å². The zero-order valence-electron chi connectivity index (χ0n) is 22.9. The molecule has 4 heterocycles. The Morgan fingerprint density at radius 1 is 1.11 bits per heavy atom. The molecule has 0 radical (unpaired) electrons. The molecule has 0 spiro atoms. The van der Waals surface area contributed by atoms with Gasteiger partial charge in [0.05, 0.1) is 17.9 Å². The zero-order valence-corrected chi connectivity index (χ0v) is 22.9. The van der Waals surface area contributed by atoms with Gasteiger partial charge in [0.25, 0.3) is 5.56 Å². The molecule has 3 aromatic rings. The first-order valence-corrected chi connectivity index (χ1v) is 12.9. The molecule has 0 unspecified atom stereocenters. The highest BCUT2D eigenvalue weighted by Crippen LogP contribution is 2.28. The predicted molar refractivity (Wildman–Crippen MR) is 144 cm³/mol. The number of likely N-dealkylation sites (N-methyl/N-ethyl adjacent to an activating group) is 1. The quantitative estimate of drug-likeness (QED) is 0.529. The van der Waals surface area contributed by atoms with E-state index in [1.807, 2.05) is 63.3 Å². The molecule has 0 aromatic carbocycles. The lowest BCUT2D eigenvalue weighted by atomic mass is 10.2. The second kappa shape index (κ2) is 13.9. The Bertz CT molecular complexity index is 1160. The maximum absolute atomic E-state index is 11.9. The van der Waals surface area contributed by atoms with Gasteiger partial charge in [0.15, 0.2) is 11.9 Å². The fourth-order valence-electron chi connectivity index (χ4n) is 4.80. The second-order valence-electron chi connectivity index (χ2n) is 8.81. The third kappa shape index (κ3) is 6.22. The van der Waals surface area contributed by atoms with Gasteiger partial charge < -0.3 is 15.3 Å². The Morgan fingerprint density at radius 2 is 1.78 bits per heavy atom. The van der Waals surface area contributed by atoms with Crippen molar-refractivity contribution in [2.75, 3.05) is 32.1 Å². The molecule has 2 aliphatic rings. The molecule has 1 aliphatic carbocycles. The van der Waals surface area contributed by atoms with E-state index >= 15 is 0 Å². The van der Waals surface area contributed by atoms with Crippen molar-refractivity contribution in [1.29, 1.82) is 0 Å². The molecule has 2 fully saturated rings. The molecule has 5 rings (SSSR count). The molecule has 1 saturated carbocycles. The summed E-state index contributed by atoms with van der Waals surface area (Å²) in [5.74, 6) is 1.04. The summed E-state index contributed by atoms with van der Waals surface area (Å²) >= 11 is 0. The van der Waals surface area contributed by atoms with Gasteiger partial charge in [0.2, 0.25) is 0 Å². The van der Waals surface area contributed by atoms with Crippen molar-refractivity contribution in [2.45, 2.75) is 71.9 Å². The minimum absolute atomic E-state index is 0.128. The van der Waals surface area contributed by atoms with Crippen molar-refractivity contribution >= 4 is 17.8 Å². The molecule has 0 amide bonds. The van der Waals surface area contributed by atoms with Crippen LogP contribution in [-0.2, 0) is 7.05 Å². The summed E-state index contributed by atoms with van der Waals surface area (Å²) in [6, 6.07) is 4.95. The van der Waals surface area contributed by atoms with E-state index in [9.17, 15) is 9.59 Å². The van der Waals surface area contributed by atoms with Crippen LogP contribution in [0.1, 0.15) is 73.7 Å². The second-order valence-corrected chi connectivity index (χ2v) is 8.81. The molecular weight excluding hydrogens is 458 g/mol. The number of fused-ring (bicyclic) bond motifs is 1. The van der Waals surface area contributed by atoms with Gasteiger partial charge in [-0.2, -0.15) is 0 Å². The highest BCUT2D eigenvalue weighted by atomic mass is 16.2. The van der Waals surface area contributed by atoms with E-state index < -0.39 is 0 Å². The first kappa shape index (κ1) is 29.3. The molecule has 0 bridgehead atoms. The molecule has 1 aliphatic heterocycles. The highest BCUT2D eigenvalue weighted by Gasteiger charge is 2.24. The van der Waals surface area contributed by atoms with Gasteiger partial charge in [-0.3, -0.25) is 14.3 Å². The van der Waals surface area contributed by atoms with Crippen LogP contribution in [0.5, 0.6) is 0 Å². The number of aldehydes is 1. The van der Waals surface area contributed by atoms with Crippen molar-refractivity contribution in [3.63, 3.8) is 0 Å². The molecule has 2 N–H and O–H groups in total. The number of anilines is 1. The Hall–Kier alpha value is -2.98. The Labute approximate surface area is 213 Å². The summed E-state index contributed by atoms with van der Waals surface area (Å²) in [7, 11) is 4.87. The summed E-state index contributed by atoms with van der Waals surface area (Å²) in [6.45, 7) is 9.94. The third-order valence-electron chi connectivity index (χ3n) is 6.86. The van der Waals surface area contributed by atoms with Crippen LogP contribution in [0.4, 0.5) is 5.82 Å². The van der Waals surface area contributed by atoms with Gasteiger partial charge in [0, 0.05) is 39.0 Å². The van der Waals surface area contributed by atoms with Gasteiger partial charge in [0.1, 0.15) is 11.4 Å². The molecule has 1 saturated heterocycles. The summed E-state index contributed by atoms with van der Waals surface area (Å²) in [5.41, 5.74) is 2.94. The molecule has 10 heteroatoms. The third-order valence-corrected chi connectivity index (χ3v) is 6.86. The number of nitrogens with one attached hydrogen (secondary N) is 1. The maximum Gasteiger partial charge on any atom is 0.277 e. The summed E-state index contributed by atoms with van der Waals surface area (Å²) in [5, 5.41) is 15.0. The van der Waals surface area contributed by atoms with Crippen molar-refractivity contribution in [3.8, 4) is 0 Å². The van der Waals surface area contributed by atoms with E-state index in [1.54, 1.807) is 4.68 Å². The van der Waals surface area contributed by atoms with Crippen LogP contribution in [0.15, 0.2) is 23.1 Å². The molecule has 10 nitrogen and oxygen atoms in total. The molecule has 36 heavy (non-hydrogen) atoms. The van der Waals surface area contributed by atoms with E-state index in [1.165, 1.54) is 19.3 Å². The van der Waals surface area contributed by atoms with E-state index in [-0.39, 0.29) is 11.6 Å². The van der Waals surface area contributed by atoms with Crippen molar-refractivity contribution in [2.24, 2.45) is 7.05 Å². The van der Waals surface area contributed by atoms with Crippen molar-refractivity contribution in [3.05, 3.63) is 45.6 Å². The number of aryl methyl sites for hydroxylation is 1. The lowest BCUT2D eigenvalue weighted by Crippen LogP contribution is -2.30. The first-order chi connectivity index (χ1) is 17.4. The van der Waals surface area contributed by atoms with E-state index in [0.717, 1.165) is 55.9 Å². The number of aliphatic hydroxyl groups is 1. The van der Waals surface area contributed by atoms with Gasteiger partial charge >= 0.3 is 0 Å². The number of rotatable bonds is 4. The largest absolute Gasteiger partial charge is 0.400 e. The van der Waals surface area contributed by atoms with Gasteiger partial charge in [-0.15, -0.1) is 5.10 Å². The minimum Gasteiger partial charge on any atom is -0.400 e. The fourth-order valence-corrected chi connectivity index (χ4v) is 4.80. The van der Waals surface area contributed by atoms with Crippen LogP contribution >= 0.6 is 0 Å². The number of aliphatic hydroxyl groups excluding tert-OH is 1. The Morgan fingerprint density at radius 3 is 2.33 bits per heavy atom. The van der Waals surface area contributed by atoms with E-state index in [4.69, 9.17) is 5.11 Å². The summed E-state index contributed by atoms with van der Waals surface area (Å²) in [4.78, 5) is 29.3. The van der Waals surface area contributed by atoms with Gasteiger partial charge in [-0.05, 0) is 52.3 Å². The predicted octanol–water partition coefficient (Wildman–Crippen LogP) is 2.89. The van der Waals surface area contributed by atoms with Crippen LogP contribution in [0.3, 0.4) is 0 Å².